The molecule has 0 aliphatic heterocycles. The normalized spacial score (nSPS) is 10.5. The third-order valence-electron chi connectivity index (χ3n) is 1.55. The maximum Gasteiger partial charge on any atom is 0.0601 e. The third-order valence-corrected chi connectivity index (χ3v) is 3.80. The molecule has 68 valence electrons. The van der Waals surface area contributed by atoms with Gasteiger partial charge >= 0.3 is 0 Å². The van der Waals surface area contributed by atoms with Crippen LogP contribution in [0.1, 0.15) is 18.2 Å². The van der Waals surface area contributed by atoms with Crippen molar-refractivity contribution in [2.45, 2.75) is 24.0 Å². The third kappa shape index (κ3) is 3.17. The van der Waals surface area contributed by atoms with Gasteiger partial charge in [0.15, 0.2) is 0 Å². The second kappa shape index (κ2) is 5.62. The second-order valence-corrected chi connectivity index (χ2v) is 5.28. The van der Waals surface area contributed by atoms with E-state index in [-0.39, 0.29) is 0 Å². The summed E-state index contributed by atoms with van der Waals surface area (Å²) in [7, 11) is 0. The lowest BCUT2D eigenvalue weighted by Gasteiger charge is -1.92. The average molecular weight is 201 g/mol. The lowest BCUT2D eigenvalue weighted by Crippen LogP contribution is -1.98. The summed E-state index contributed by atoms with van der Waals surface area (Å²) in [6, 6.07) is 4.43. The molecule has 0 atom stereocenters. The van der Waals surface area contributed by atoms with Gasteiger partial charge in [-0.15, -0.1) is 23.1 Å². The summed E-state index contributed by atoms with van der Waals surface area (Å²) in [4.78, 5) is 1.47. The number of thioether (sulfide) groups is 1. The van der Waals surface area contributed by atoms with E-state index in [0.29, 0.717) is 0 Å². The van der Waals surface area contributed by atoms with E-state index in [1.165, 1.54) is 9.09 Å². The van der Waals surface area contributed by atoms with Crippen LogP contribution in [0.5, 0.6) is 0 Å². The highest BCUT2D eigenvalue weighted by molar-refractivity contribution is 8.01. The van der Waals surface area contributed by atoms with Crippen LogP contribution >= 0.6 is 23.1 Å². The van der Waals surface area contributed by atoms with Gasteiger partial charge in [0.05, 0.1) is 4.21 Å². The summed E-state index contributed by atoms with van der Waals surface area (Å²) in [6.45, 7) is 2.98. The number of nitrogens with two attached hydrogens (primary N) is 1. The minimum atomic E-state index is 0.800. The van der Waals surface area contributed by atoms with Gasteiger partial charge in [0.2, 0.25) is 0 Å². The van der Waals surface area contributed by atoms with Gasteiger partial charge in [0.25, 0.3) is 0 Å². The van der Waals surface area contributed by atoms with Crippen molar-refractivity contribution in [2.75, 3.05) is 12.3 Å². The first-order valence-electron chi connectivity index (χ1n) is 4.28. The highest BCUT2D eigenvalue weighted by atomic mass is 32.2. The molecule has 1 rings (SSSR count). The van der Waals surface area contributed by atoms with Crippen LogP contribution in [0, 0.1) is 0 Å². The summed E-state index contributed by atoms with van der Waals surface area (Å²) < 4.78 is 1.43. The Balaban J connectivity index is 2.41. The van der Waals surface area contributed by atoms with E-state index in [1.54, 1.807) is 0 Å². The fourth-order valence-electron chi connectivity index (χ4n) is 0.989. The van der Waals surface area contributed by atoms with Gasteiger partial charge in [-0.05, 0) is 37.3 Å². The Labute approximate surface area is 82.4 Å². The molecule has 3 heteroatoms. The van der Waals surface area contributed by atoms with Crippen molar-refractivity contribution in [1.29, 1.82) is 0 Å². The van der Waals surface area contributed by atoms with Crippen molar-refractivity contribution in [2.24, 2.45) is 5.73 Å². The van der Waals surface area contributed by atoms with Crippen molar-refractivity contribution in [1.82, 2.24) is 0 Å². The largest absolute Gasteiger partial charge is 0.330 e. The molecule has 1 nitrogen and oxygen atoms in total. The Morgan fingerprint density at radius 1 is 1.50 bits per heavy atom. The van der Waals surface area contributed by atoms with E-state index >= 15 is 0 Å². The zero-order valence-electron chi connectivity index (χ0n) is 7.38. The molecule has 1 heterocycles. The number of hydrogen-bond donors (Lipinski definition) is 1. The highest BCUT2D eigenvalue weighted by Crippen LogP contribution is 2.27. The topological polar surface area (TPSA) is 26.0 Å². The van der Waals surface area contributed by atoms with Gasteiger partial charge in [-0.25, -0.2) is 0 Å². The van der Waals surface area contributed by atoms with Crippen molar-refractivity contribution >= 4 is 23.1 Å². The maximum atomic E-state index is 5.44. The van der Waals surface area contributed by atoms with Crippen LogP contribution in [-0.4, -0.2) is 12.3 Å². The zero-order chi connectivity index (χ0) is 8.81. The molecule has 0 unspecified atom stereocenters. The molecule has 0 radical (unpaired) electrons. The Bertz CT molecular complexity index is 220. The molecule has 0 fully saturated rings. The van der Waals surface area contributed by atoms with Crippen molar-refractivity contribution in [3.05, 3.63) is 17.0 Å². The lowest BCUT2D eigenvalue weighted by molar-refractivity contribution is 0.843. The fraction of sp³-hybridized carbons (Fsp3) is 0.556. The molecule has 0 aromatic carbocycles. The molecule has 0 aliphatic rings. The first-order chi connectivity index (χ1) is 5.86. The van der Waals surface area contributed by atoms with Gasteiger partial charge in [-0.1, -0.05) is 6.92 Å². The smallest absolute Gasteiger partial charge is 0.0601 e. The Morgan fingerprint density at radius 3 is 3.00 bits per heavy atom. The Hall–Kier alpha value is 0.01000. The van der Waals surface area contributed by atoms with Gasteiger partial charge in [0, 0.05) is 4.88 Å². The zero-order valence-corrected chi connectivity index (χ0v) is 9.01. The molecule has 1 aromatic heterocycles. The Kier molecular flexibility index (Phi) is 4.73. The van der Waals surface area contributed by atoms with Crippen LogP contribution in [0.25, 0.3) is 0 Å². The summed E-state index contributed by atoms with van der Waals surface area (Å²) in [5.41, 5.74) is 5.44. The average Bonchev–Trinajstić information content (AvgIpc) is 2.50. The predicted octanol–water partition coefficient (Wildman–Crippen LogP) is 2.75. The van der Waals surface area contributed by atoms with Crippen LogP contribution in [-0.2, 0) is 6.42 Å². The van der Waals surface area contributed by atoms with Crippen LogP contribution in [0.15, 0.2) is 16.3 Å². The van der Waals surface area contributed by atoms with Crippen LogP contribution in [0.3, 0.4) is 0 Å². The van der Waals surface area contributed by atoms with Gasteiger partial charge in [0.1, 0.15) is 0 Å². The SMILES string of the molecule is CCSc1ccc(CCCN)s1. The van der Waals surface area contributed by atoms with E-state index in [1.807, 2.05) is 23.1 Å². The second-order valence-electron chi connectivity index (χ2n) is 2.55. The fourth-order valence-corrected chi connectivity index (χ4v) is 3.12. The highest BCUT2D eigenvalue weighted by Gasteiger charge is 1.98. The standard InChI is InChI=1S/C9H15NS2/c1-2-11-9-6-5-8(12-9)4-3-7-10/h5-6H,2-4,7,10H2,1H3. The molecule has 12 heavy (non-hydrogen) atoms. The summed E-state index contributed by atoms with van der Waals surface area (Å²) >= 11 is 3.82. The quantitative estimate of drug-likeness (QED) is 0.741. The van der Waals surface area contributed by atoms with E-state index < -0.39 is 0 Å². The molecule has 0 amide bonds. The van der Waals surface area contributed by atoms with E-state index in [0.717, 1.165) is 25.1 Å². The van der Waals surface area contributed by atoms with Crippen molar-refractivity contribution in [3.63, 3.8) is 0 Å². The predicted molar refractivity (Wildman–Crippen MR) is 58.1 cm³/mol. The van der Waals surface area contributed by atoms with Crippen LogP contribution in [0.2, 0.25) is 0 Å². The minimum absolute atomic E-state index is 0.800. The molecular weight excluding hydrogens is 186 g/mol. The minimum Gasteiger partial charge on any atom is -0.330 e. The van der Waals surface area contributed by atoms with Gasteiger partial charge in [-0.2, -0.15) is 0 Å². The number of hydrogen-bond acceptors (Lipinski definition) is 3. The molecular formula is C9H15NS2. The van der Waals surface area contributed by atoms with Gasteiger partial charge in [-0.3, -0.25) is 0 Å². The van der Waals surface area contributed by atoms with E-state index in [4.69, 9.17) is 5.73 Å². The monoisotopic (exact) mass is 201 g/mol. The summed E-state index contributed by atoms with van der Waals surface area (Å²) in [5.74, 6) is 1.16. The molecule has 0 aliphatic carbocycles. The first kappa shape index (κ1) is 10.1. The molecule has 2 N–H and O–H groups in total. The van der Waals surface area contributed by atoms with Gasteiger partial charge < -0.3 is 5.73 Å². The van der Waals surface area contributed by atoms with Crippen LogP contribution in [0.4, 0.5) is 0 Å². The van der Waals surface area contributed by atoms with Crippen molar-refractivity contribution in [3.8, 4) is 0 Å². The summed E-state index contributed by atoms with van der Waals surface area (Å²) in [6.07, 6.45) is 2.25. The summed E-state index contributed by atoms with van der Waals surface area (Å²) in [5, 5.41) is 0. The number of thiophene rings is 1. The van der Waals surface area contributed by atoms with Crippen molar-refractivity contribution < 1.29 is 0 Å². The number of rotatable bonds is 5. The van der Waals surface area contributed by atoms with Crippen LogP contribution < -0.4 is 5.73 Å². The Morgan fingerprint density at radius 2 is 2.33 bits per heavy atom. The first-order valence-corrected chi connectivity index (χ1v) is 6.08. The lowest BCUT2D eigenvalue weighted by atomic mass is 10.3. The van der Waals surface area contributed by atoms with E-state index in [9.17, 15) is 0 Å². The molecule has 0 saturated carbocycles. The number of aryl methyl sites for hydroxylation is 1. The maximum absolute atomic E-state index is 5.44. The molecule has 0 bridgehead atoms. The molecule has 1 aromatic rings. The van der Waals surface area contributed by atoms with E-state index in [2.05, 4.69) is 19.1 Å². The molecule has 0 spiro atoms. The molecule has 0 saturated heterocycles.